The molecule has 0 radical (unpaired) electrons. The fourth-order valence-corrected chi connectivity index (χ4v) is 2.66. The van der Waals surface area contributed by atoms with Gasteiger partial charge < -0.3 is 9.88 Å². The Morgan fingerprint density at radius 1 is 1.50 bits per heavy atom. The second-order valence-corrected chi connectivity index (χ2v) is 6.86. The third-order valence-electron chi connectivity index (χ3n) is 3.87. The van der Waals surface area contributed by atoms with Crippen LogP contribution in [0, 0.1) is 17.2 Å². The van der Waals surface area contributed by atoms with Crippen molar-refractivity contribution < 1.29 is 4.79 Å². The summed E-state index contributed by atoms with van der Waals surface area (Å²) in [6.07, 6.45) is 3.41. The normalized spacial score (nSPS) is 13.3. The Hall–Kier alpha value is -2.40. The monoisotopic (exact) mass is 344 g/mol. The zero-order chi connectivity index (χ0) is 17.7. The van der Waals surface area contributed by atoms with Crippen molar-refractivity contribution in [3.8, 4) is 17.5 Å². The van der Waals surface area contributed by atoms with Gasteiger partial charge in [0.1, 0.15) is 5.54 Å². The molecule has 1 N–H and O–H groups in total. The fourth-order valence-electron chi connectivity index (χ4n) is 1.94. The first kappa shape index (κ1) is 17.9. The van der Waals surface area contributed by atoms with Crippen LogP contribution >= 0.6 is 11.8 Å². The van der Waals surface area contributed by atoms with Gasteiger partial charge in [0.15, 0.2) is 11.0 Å². The van der Waals surface area contributed by atoms with E-state index in [0.717, 1.165) is 5.56 Å². The van der Waals surface area contributed by atoms with Crippen LogP contribution in [-0.4, -0.2) is 36.9 Å². The van der Waals surface area contributed by atoms with Crippen LogP contribution in [-0.2, 0) is 11.8 Å². The first-order valence-electron chi connectivity index (χ1n) is 7.52. The standard InChI is InChI=1S/C16H20N6OS/c1-11(2)16(3,10-17)19-13(23)9-24-15-21-20-14(22(15)4)12-6-5-7-18-8-12/h5-8,11H,9H2,1-4H3,(H,19,23). The minimum atomic E-state index is -0.877. The van der Waals surface area contributed by atoms with Gasteiger partial charge in [0.05, 0.1) is 11.8 Å². The van der Waals surface area contributed by atoms with Crippen LogP contribution < -0.4 is 5.32 Å². The maximum atomic E-state index is 12.1. The molecule has 8 heteroatoms. The number of amides is 1. The fraction of sp³-hybridized carbons (Fsp3) is 0.438. The molecule has 0 saturated heterocycles. The molecule has 2 aromatic heterocycles. The Bertz CT molecular complexity index is 752. The molecule has 0 fully saturated rings. The van der Waals surface area contributed by atoms with Gasteiger partial charge in [0.2, 0.25) is 5.91 Å². The van der Waals surface area contributed by atoms with E-state index in [1.54, 1.807) is 19.3 Å². The molecular weight excluding hydrogens is 324 g/mol. The number of thioether (sulfide) groups is 1. The summed E-state index contributed by atoms with van der Waals surface area (Å²) in [4.78, 5) is 16.2. The van der Waals surface area contributed by atoms with E-state index in [9.17, 15) is 10.1 Å². The van der Waals surface area contributed by atoms with E-state index in [1.165, 1.54) is 11.8 Å². The van der Waals surface area contributed by atoms with Crippen molar-refractivity contribution >= 4 is 17.7 Å². The third-order valence-corrected chi connectivity index (χ3v) is 4.89. The van der Waals surface area contributed by atoms with Crippen molar-refractivity contribution in [1.29, 1.82) is 5.26 Å². The van der Waals surface area contributed by atoms with Crippen molar-refractivity contribution in [1.82, 2.24) is 25.1 Å². The minimum Gasteiger partial charge on any atom is -0.337 e. The average molecular weight is 344 g/mol. The molecule has 2 heterocycles. The predicted octanol–water partition coefficient (Wildman–Crippen LogP) is 2.02. The number of rotatable bonds is 6. The van der Waals surface area contributed by atoms with Crippen LogP contribution in [0.25, 0.3) is 11.4 Å². The van der Waals surface area contributed by atoms with E-state index in [4.69, 9.17) is 0 Å². The Balaban J connectivity index is 2.02. The van der Waals surface area contributed by atoms with E-state index in [-0.39, 0.29) is 17.6 Å². The summed E-state index contributed by atoms with van der Waals surface area (Å²) in [7, 11) is 1.84. The highest BCUT2D eigenvalue weighted by molar-refractivity contribution is 7.99. The summed E-state index contributed by atoms with van der Waals surface area (Å²) < 4.78 is 1.82. The summed E-state index contributed by atoms with van der Waals surface area (Å²) in [5.41, 5.74) is -0.0149. The molecule has 0 spiro atoms. The molecule has 1 unspecified atom stereocenters. The number of carbonyl (C=O) groups is 1. The molecule has 0 aliphatic heterocycles. The van der Waals surface area contributed by atoms with Gasteiger partial charge in [-0.15, -0.1) is 10.2 Å². The lowest BCUT2D eigenvalue weighted by atomic mass is 9.90. The number of carbonyl (C=O) groups excluding carboxylic acids is 1. The quantitative estimate of drug-likeness (QED) is 0.805. The third kappa shape index (κ3) is 3.92. The average Bonchev–Trinajstić information content (AvgIpc) is 2.94. The molecule has 0 saturated carbocycles. The second kappa shape index (κ2) is 7.45. The number of hydrogen-bond donors (Lipinski definition) is 1. The molecule has 2 rings (SSSR count). The lowest BCUT2D eigenvalue weighted by molar-refractivity contribution is -0.120. The SMILES string of the molecule is CC(C)C(C)(C#N)NC(=O)CSc1nnc(-c2cccnc2)n1C. The second-order valence-electron chi connectivity index (χ2n) is 5.91. The van der Waals surface area contributed by atoms with Crippen LogP contribution in [0.1, 0.15) is 20.8 Å². The van der Waals surface area contributed by atoms with E-state index in [1.807, 2.05) is 37.6 Å². The maximum Gasteiger partial charge on any atom is 0.231 e. The van der Waals surface area contributed by atoms with Gasteiger partial charge in [-0.05, 0) is 25.0 Å². The smallest absolute Gasteiger partial charge is 0.231 e. The van der Waals surface area contributed by atoms with Gasteiger partial charge in [-0.2, -0.15) is 5.26 Å². The van der Waals surface area contributed by atoms with E-state index >= 15 is 0 Å². The summed E-state index contributed by atoms with van der Waals surface area (Å²) in [6, 6.07) is 5.90. The molecule has 0 aromatic carbocycles. The summed E-state index contributed by atoms with van der Waals surface area (Å²) in [5.74, 6) is 0.672. The minimum absolute atomic E-state index is 0.0171. The van der Waals surface area contributed by atoms with Crippen LogP contribution in [0.4, 0.5) is 0 Å². The maximum absolute atomic E-state index is 12.1. The zero-order valence-electron chi connectivity index (χ0n) is 14.1. The number of nitrogens with one attached hydrogen (secondary N) is 1. The van der Waals surface area contributed by atoms with Crippen LogP contribution in [0.5, 0.6) is 0 Å². The molecule has 1 amide bonds. The Labute approximate surface area is 145 Å². The predicted molar refractivity (Wildman–Crippen MR) is 92.0 cm³/mol. The van der Waals surface area contributed by atoms with Crippen LogP contribution in [0.2, 0.25) is 0 Å². The van der Waals surface area contributed by atoms with E-state index in [0.29, 0.717) is 11.0 Å². The van der Waals surface area contributed by atoms with Crippen molar-refractivity contribution in [3.63, 3.8) is 0 Å². The van der Waals surface area contributed by atoms with Crippen molar-refractivity contribution in [2.24, 2.45) is 13.0 Å². The molecule has 24 heavy (non-hydrogen) atoms. The lowest BCUT2D eigenvalue weighted by Gasteiger charge is -2.27. The molecule has 0 bridgehead atoms. The van der Waals surface area contributed by atoms with Crippen molar-refractivity contribution in [2.75, 3.05) is 5.75 Å². The van der Waals surface area contributed by atoms with E-state index < -0.39 is 5.54 Å². The Kier molecular flexibility index (Phi) is 5.57. The number of pyridine rings is 1. The van der Waals surface area contributed by atoms with Gasteiger partial charge in [0.25, 0.3) is 0 Å². The van der Waals surface area contributed by atoms with Crippen LogP contribution in [0.3, 0.4) is 0 Å². The molecule has 7 nitrogen and oxygen atoms in total. The Morgan fingerprint density at radius 3 is 2.83 bits per heavy atom. The highest BCUT2D eigenvalue weighted by Crippen LogP contribution is 2.22. The topological polar surface area (TPSA) is 96.5 Å². The molecule has 0 aliphatic rings. The van der Waals surface area contributed by atoms with Gasteiger partial charge in [-0.1, -0.05) is 25.6 Å². The molecule has 126 valence electrons. The lowest BCUT2D eigenvalue weighted by Crippen LogP contribution is -2.49. The number of hydrogen-bond acceptors (Lipinski definition) is 6. The first-order chi connectivity index (χ1) is 11.4. The van der Waals surface area contributed by atoms with Crippen molar-refractivity contribution in [2.45, 2.75) is 31.5 Å². The molecule has 0 aliphatic carbocycles. The van der Waals surface area contributed by atoms with E-state index in [2.05, 4.69) is 26.6 Å². The summed E-state index contributed by atoms with van der Waals surface area (Å²) in [5, 5.41) is 20.9. The summed E-state index contributed by atoms with van der Waals surface area (Å²) in [6.45, 7) is 5.53. The number of nitrogens with zero attached hydrogens (tertiary/aromatic N) is 5. The largest absolute Gasteiger partial charge is 0.337 e. The Morgan fingerprint density at radius 2 is 2.25 bits per heavy atom. The van der Waals surface area contributed by atoms with Gasteiger partial charge in [0, 0.05) is 25.0 Å². The molecular formula is C16H20N6OS. The molecule has 2 aromatic rings. The summed E-state index contributed by atoms with van der Waals surface area (Å²) >= 11 is 1.28. The first-order valence-corrected chi connectivity index (χ1v) is 8.51. The van der Waals surface area contributed by atoms with Gasteiger partial charge >= 0.3 is 0 Å². The highest BCUT2D eigenvalue weighted by atomic mass is 32.2. The van der Waals surface area contributed by atoms with Gasteiger partial charge in [-0.25, -0.2) is 0 Å². The molecule has 1 atom stereocenters. The zero-order valence-corrected chi connectivity index (χ0v) is 15.0. The number of aromatic nitrogens is 4. The van der Waals surface area contributed by atoms with Crippen molar-refractivity contribution in [3.05, 3.63) is 24.5 Å². The highest BCUT2D eigenvalue weighted by Gasteiger charge is 2.30. The van der Waals surface area contributed by atoms with Gasteiger partial charge in [-0.3, -0.25) is 9.78 Å². The number of nitriles is 1. The van der Waals surface area contributed by atoms with Crippen LogP contribution in [0.15, 0.2) is 29.7 Å².